The summed E-state index contributed by atoms with van der Waals surface area (Å²) in [6, 6.07) is 8.17. The fraction of sp³-hybridized carbons (Fsp3) is 0.364. The van der Waals surface area contributed by atoms with Crippen molar-refractivity contribution in [2.24, 2.45) is 0 Å². The van der Waals surface area contributed by atoms with Crippen LogP contribution in [0.2, 0.25) is 0 Å². The van der Waals surface area contributed by atoms with Crippen LogP contribution in [0.4, 0.5) is 6.01 Å². The first-order valence-corrected chi connectivity index (χ1v) is 5.34. The lowest BCUT2D eigenvalue weighted by molar-refractivity contribution is 0.558. The first-order chi connectivity index (χ1) is 7.11. The average molecular weight is 225 g/mol. The van der Waals surface area contributed by atoms with Gasteiger partial charge in [0.2, 0.25) is 0 Å². The molecule has 0 saturated heterocycles. The van der Waals surface area contributed by atoms with Crippen LogP contribution in [0.15, 0.2) is 28.7 Å². The second-order valence-electron chi connectivity index (χ2n) is 4.13. The SMILES string of the molecule is CC(C)(CCl)Nc1nc2ccccc2o1. The smallest absolute Gasteiger partial charge is 0.296 e. The molecular weight excluding hydrogens is 212 g/mol. The summed E-state index contributed by atoms with van der Waals surface area (Å²) in [6.07, 6.45) is 0. The van der Waals surface area contributed by atoms with Crippen LogP contribution in [0.25, 0.3) is 11.1 Å². The molecule has 0 fully saturated rings. The Kier molecular flexibility index (Phi) is 2.57. The van der Waals surface area contributed by atoms with Gasteiger partial charge >= 0.3 is 0 Å². The van der Waals surface area contributed by atoms with Crippen LogP contribution in [0.1, 0.15) is 13.8 Å². The van der Waals surface area contributed by atoms with Crippen molar-refractivity contribution < 1.29 is 4.42 Å². The van der Waals surface area contributed by atoms with Gasteiger partial charge in [-0.2, -0.15) is 4.98 Å². The highest BCUT2D eigenvalue weighted by Crippen LogP contribution is 2.21. The van der Waals surface area contributed by atoms with Crippen molar-refractivity contribution in [3.63, 3.8) is 0 Å². The van der Waals surface area contributed by atoms with Crippen molar-refractivity contribution in [3.8, 4) is 0 Å². The average Bonchev–Trinajstić information content (AvgIpc) is 2.58. The summed E-state index contributed by atoms with van der Waals surface area (Å²) in [7, 11) is 0. The summed E-state index contributed by atoms with van der Waals surface area (Å²) in [5, 5.41) is 3.15. The van der Waals surface area contributed by atoms with Gasteiger partial charge in [-0.3, -0.25) is 0 Å². The first-order valence-electron chi connectivity index (χ1n) is 4.80. The normalized spacial score (nSPS) is 11.9. The maximum absolute atomic E-state index is 5.81. The zero-order valence-corrected chi connectivity index (χ0v) is 9.51. The van der Waals surface area contributed by atoms with Gasteiger partial charge in [0, 0.05) is 11.4 Å². The third kappa shape index (κ3) is 2.23. The molecule has 0 aliphatic rings. The zero-order chi connectivity index (χ0) is 10.9. The first kappa shape index (κ1) is 10.3. The highest BCUT2D eigenvalue weighted by Gasteiger charge is 2.18. The number of halogens is 1. The van der Waals surface area contributed by atoms with Crippen molar-refractivity contribution in [1.29, 1.82) is 0 Å². The highest BCUT2D eigenvalue weighted by molar-refractivity contribution is 6.18. The number of alkyl halides is 1. The number of aromatic nitrogens is 1. The molecule has 0 spiro atoms. The minimum Gasteiger partial charge on any atom is -0.424 e. The van der Waals surface area contributed by atoms with Gasteiger partial charge in [0.1, 0.15) is 5.52 Å². The molecule has 4 heteroatoms. The van der Waals surface area contributed by atoms with Crippen molar-refractivity contribution in [3.05, 3.63) is 24.3 Å². The molecule has 1 N–H and O–H groups in total. The third-order valence-electron chi connectivity index (χ3n) is 2.07. The van der Waals surface area contributed by atoms with E-state index in [0.717, 1.165) is 11.1 Å². The van der Waals surface area contributed by atoms with Crippen LogP contribution in [-0.4, -0.2) is 16.4 Å². The van der Waals surface area contributed by atoms with Crippen molar-refractivity contribution in [1.82, 2.24) is 4.98 Å². The Morgan fingerprint density at radius 2 is 2.13 bits per heavy atom. The molecule has 0 atom stereocenters. The number of oxazole rings is 1. The largest absolute Gasteiger partial charge is 0.424 e. The molecule has 1 aromatic heterocycles. The monoisotopic (exact) mass is 224 g/mol. The van der Waals surface area contributed by atoms with E-state index in [-0.39, 0.29) is 5.54 Å². The molecule has 0 aliphatic heterocycles. The van der Waals surface area contributed by atoms with E-state index in [0.29, 0.717) is 11.9 Å². The summed E-state index contributed by atoms with van der Waals surface area (Å²) >= 11 is 5.81. The number of nitrogens with zero attached hydrogens (tertiary/aromatic N) is 1. The molecule has 15 heavy (non-hydrogen) atoms. The van der Waals surface area contributed by atoms with E-state index < -0.39 is 0 Å². The third-order valence-corrected chi connectivity index (χ3v) is 2.74. The molecule has 0 saturated carbocycles. The lowest BCUT2D eigenvalue weighted by atomic mass is 10.1. The standard InChI is InChI=1S/C11H13ClN2O/c1-11(2,7-12)14-10-13-8-5-3-4-6-9(8)15-10/h3-6H,7H2,1-2H3,(H,13,14). The Morgan fingerprint density at radius 3 is 2.80 bits per heavy atom. The molecule has 0 radical (unpaired) electrons. The predicted molar refractivity (Wildman–Crippen MR) is 62.4 cm³/mol. The van der Waals surface area contributed by atoms with E-state index >= 15 is 0 Å². The maximum Gasteiger partial charge on any atom is 0.296 e. The van der Waals surface area contributed by atoms with Crippen molar-refractivity contribution in [2.45, 2.75) is 19.4 Å². The molecule has 3 nitrogen and oxygen atoms in total. The van der Waals surface area contributed by atoms with Gasteiger partial charge < -0.3 is 9.73 Å². The summed E-state index contributed by atoms with van der Waals surface area (Å²) in [5.41, 5.74) is 1.42. The Morgan fingerprint density at radius 1 is 1.40 bits per heavy atom. The second-order valence-corrected chi connectivity index (χ2v) is 4.40. The Hall–Kier alpha value is -1.22. The minimum atomic E-state index is -0.220. The molecule has 0 bridgehead atoms. The van der Waals surface area contributed by atoms with Gasteiger partial charge in [-0.25, -0.2) is 0 Å². The molecule has 0 unspecified atom stereocenters. The van der Waals surface area contributed by atoms with E-state index in [1.165, 1.54) is 0 Å². The number of hydrogen-bond acceptors (Lipinski definition) is 3. The Labute approximate surface area is 93.4 Å². The van der Waals surface area contributed by atoms with Gasteiger partial charge in [-0.05, 0) is 26.0 Å². The molecule has 2 aromatic rings. The number of para-hydroxylation sites is 2. The van der Waals surface area contributed by atoms with E-state index in [2.05, 4.69) is 10.3 Å². The van der Waals surface area contributed by atoms with Gasteiger partial charge in [-0.1, -0.05) is 12.1 Å². The van der Waals surface area contributed by atoms with Crippen LogP contribution in [0.5, 0.6) is 0 Å². The molecule has 0 aliphatic carbocycles. The topological polar surface area (TPSA) is 38.1 Å². The fourth-order valence-electron chi connectivity index (χ4n) is 1.25. The van der Waals surface area contributed by atoms with Crippen LogP contribution < -0.4 is 5.32 Å². The van der Waals surface area contributed by atoms with Crippen LogP contribution in [-0.2, 0) is 0 Å². The number of nitrogens with one attached hydrogen (secondary N) is 1. The van der Waals surface area contributed by atoms with Gasteiger partial charge in [0.05, 0.1) is 0 Å². The van der Waals surface area contributed by atoms with Crippen LogP contribution in [0.3, 0.4) is 0 Å². The van der Waals surface area contributed by atoms with Crippen LogP contribution in [0, 0.1) is 0 Å². The van der Waals surface area contributed by atoms with Crippen molar-refractivity contribution >= 4 is 28.7 Å². The summed E-state index contributed by atoms with van der Waals surface area (Å²) in [5.74, 6) is 0.492. The number of anilines is 1. The number of hydrogen-bond donors (Lipinski definition) is 1. The maximum atomic E-state index is 5.81. The molecule has 80 valence electrons. The number of fused-ring (bicyclic) bond motifs is 1. The summed E-state index contributed by atoms with van der Waals surface area (Å²) in [6.45, 7) is 3.99. The summed E-state index contributed by atoms with van der Waals surface area (Å²) in [4.78, 5) is 4.31. The van der Waals surface area contributed by atoms with Gasteiger partial charge in [0.25, 0.3) is 6.01 Å². The molecule has 0 amide bonds. The number of rotatable bonds is 3. The van der Waals surface area contributed by atoms with E-state index in [9.17, 15) is 0 Å². The van der Waals surface area contributed by atoms with E-state index in [4.69, 9.17) is 16.0 Å². The minimum absolute atomic E-state index is 0.220. The van der Waals surface area contributed by atoms with Gasteiger partial charge in [0.15, 0.2) is 5.58 Å². The van der Waals surface area contributed by atoms with Crippen molar-refractivity contribution in [2.75, 3.05) is 11.2 Å². The summed E-state index contributed by atoms with van der Waals surface area (Å²) < 4.78 is 5.52. The fourth-order valence-corrected chi connectivity index (χ4v) is 1.32. The molecular formula is C11H13ClN2O. The zero-order valence-electron chi connectivity index (χ0n) is 8.75. The molecule has 1 aromatic carbocycles. The van der Waals surface area contributed by atoms with Gasteiger partial charge in [-0.15, -0.1) is 11.6 Å². The quantitative estimate of drug-likeness (QED) is 0.814. The second kappa shape index (κ2) is 3.74. The van der Waals surface area contributed by atoms with E-state index in [1.807, 2.05) is 38.1 Å². The Bertz CT molecular complexity index is 431. The van der Waals surface area contributed by atoms with Crippen LogP contribution >= 0.6 is 11.6 Å². The molecule has 2 rings (SSSR count). The van der Waals surface area contributed by atoms with E-state index in [1.54, 1.807) is 0 Å². The number of benzene rings is 1. The lowest BCUT2D eigenvalue weighted by Crippen LogP contribution is -2.32. The lowest BCUT2D eigenvalue weighted by Gasteiger charge is -2.21. The highest BCUT2D eigenvalue weighted by atomic mass is 35.5. The molecule has 1 heterocycles. The predicted octanol–water partition coefficient (Wildman–Crippen LogP) is 3.26. The Balaban J connectivity index is 2.30.